The maximum Gasteiger partial charge on any atom is 0.258 e. The summed E-state index contributed by atoms with van der Waals surface area (Å²) in [6.45, 7) is 1.09. The predicted molar refractivity (Wildman–Crippen MR) is 99.0 cm³/mol. The molecule has 1 amide bonds. The van der Waals surface area contributed by atoms with Crippen LogP contribution in [0.2, 0.25) is 5.02 Å². The van der Waals surface area contributed by atoms with Crippen LogP contribution in [-0.2, 0) is 16.4 Å². The lowest BCUT2D eigenvalue weighted by Gasteiger charge is -2.19. The van der Waals surface area contributed by atoms with Gasteiger partial charge in [-0.2, -0.15) is 0 Å². The summed E-state index contributed by atoms with van der Waals surface area (Å²) in [5, 5.41) is 0.683. The lowest BCUT2D eigenvalue weighted by atomic mass is 10.1. The number of fused-ring (bicyclic) bond motifs is 1. The molecule has 2 aromatic carbocycles. The predicted octanol–water partition coefficient (Wildman–Crippen LogP) is 3.08. The minimum atomic E-state index is -3.21. The van der Waals surface area contributed by atoms with E-state index in [2.05, 4.69) is 0 Å². The van der Waals surface area contributed by atoms with Gasteiger partial charge < -0.3 is 4.90 Å². The quantitative estimate of drug-likeness (QED) is 0.809. The molecule has 1 fully saturated rings. The highest BCUT2D eigenvalue weighted by molar-refractivity contribution is 7.93. The van der Waals surface area contributed by atoms with Crippen LogP contribution >= 0.6 is 11.6 Å². The number of hydrogen-bond acceptors (Lipinski definition) is 3. The normalized spacial score (nSPS) is 18.4. The summed E-state index contributed by atoms with van der Waals surface area (Å²) in [5.41, 5.74) is 2.99. The molecule has 0 spiro atoms. The van der Waals surface area contributed by atoms with Crippen LogP contribution in [0.1, 0.15) is 22.3 Å². The number of anilines is 2. The minimum Gasteiger partial charge on any atom is -0.308 e. The minimum absolute atomic E-state index is 0.100. The SMILES string of the molecule is O=C(c1ccc(N2CCCS2(=O)=O)cc1)N1CCc2c(Cl)cccc21. The second kappa shape index (κ2) is 6.04. The number of halogens is 1. The number of benzene rings is 2. The van der Waals surface area contributed by atoms with Crippen molar-refractivity contribution in [3.8, 4) is 0 Å². The Morgan fingerprint density at radius 1 is 1.04 bits per heavy atom. The Morgan fingerprint density at radius 3 is 2.48 bits per heavy atom. The zero-order valence-electron chi connectivity index (χ0n) is 13.5. The molecule has 0 aliphatic carbocycles. The molecule has 25 heavy (non-hydrogen) atoms. The molecular weight excluding hydrogens is 360 g/mol. The van der Waals surface area contributed by atoms with E-state index < -0.39 is 10.0 Å². The Labute approximate surface area is 151 Å². The van der Waals surface area contributed by atoms with Crippen molar-refractivity contribution in [1.82, 2.24) is 0 Å². The average molecular weight is 377 g/mol. The van der Waals surface area contributed by atoms with E-state index in [4.69, 9.17) is 11.6 Å². The van der Waals surface area contributed by atoms with Gasteiger partial charge in [0.1, 0.15) is 0 Å². The van der Waals surface area contributed by atoms with Gasteiger partial charge in [0.2, 0.25) is 10.0 Å². The zero-order valence-corrected chi connectivity index (χ0v) is 15.1. The number of rotatable bonds is 2. The molecule has 2 heterocycles. The summed E-state index contributed by atoms with van der Waals surface area (Å²) >= 11 is 6.21. The first-order valence-corrected chi connectivity index (χ1v) is 10.2. The summed E-state index contributed by atoms with van der Waals surface area (Å²) in [6, 6.07) is 12.4. The molecule has 2 aliphatic heterocycles. The monoisotopic (exact) mass is 376 g/mol. The average Bonchev–Trinajstić information content (AvgIpc) is 3.18. The van der Waals surface area contributed by atoms with E-state index in [0.29, 0.717) is 35.8 Å². The van der Waals surface area contributed by atoms with Crippen molar-refractivity contribution in [1.29, 1.82) is 0 Å². The van der Waals surface area contributed by atoms with Crippen molar-refractivity contribution in [2.45, 2.75) is 12.8 Å². The van der Waals surface area contributed by atoms with Crippen LogP contribution < -0.4 is 9.21 Å². The molecule has 2 aliphatic rings. The Kier molecular flexibility index (Phi) is 3.96. The van der Waals surface area contributed by atoms with Crippen molar-refractivity contribution in [3.05, 3.63) is 58.6 Å². The molecule has 5 nitrogen and oxygen atoms in total. The molecule has 1 saturated heterocycles. The number of hydrogen-bond donors (Lipinski definition) is 0. The highest BCUT2D eigenvalue weighted by atomic mass is 35.5. The van der Waals surface area contributed by atoms with Crippen molar-refractivity contribution in [3.63, 3.8) is 0 Å². The first-order valence-electron chi connectivity index (χ1n) is 8.17. The first-order chi connectivity index (χ1) is 12.0. The zero-order chi connectivity index (χ0) is 17.6. The van der Waals surface area contributed by atoms with Gasteiger partial charge in [-0.05, 0) is 54.8 Å². The van der Waals surface area contributed by atoms with Crippen molar-refractivity contribution >= 4 is 38.9 Å². The summed E-state index contributed by atoms with van der Waals surface area (Å²) in [6.07, 6.45) is 1.37. The van der Waals surface area contributed by atoms with Gasteiger partial charge in [0.15, 0.2) is 0 Å². The molecule has 0 saturated carbocycles. The number of carbonyl (C=O) groups excluding carboxylic acids is 1. The molecule has 0 atom stereocenters. The van der Waals surface area contributed by atoms with E-state index >= 15 is 0 Å². The Balaban J connectivity index is 1.60. The molecule has 0 bridgehead atoms. The van der Waals surface area contributed by atoms with Crippen LogP contribution in [0.25, 0.3) is 0 Å². The third-order valence-electron chi connectivity index (χ3n) is 4.72. The standard InChI is InChI=1S/C18H17ClN2O3S/c19-16-3-1-4-17-15(16)9-11-20(17)18(22)13-5-7-14(8-6-13)21-10-2-12-25(21,23)24/h1,3-8H,2,9-12H2. The van der Waals surface area contributed by atoms with Gasteiger partial charge in [0, 0.05) is 29.4 Å². The largest absolute Gasteiger partial charge is 0.308 e. The molecule has 2 aromatic rings. The van der Waals surface area contributed by atoms with E-state index in [-0.39, 0.29) is 11.7 Å². The molecule has 0 N–H and O–H groups in total. The summed E-state index contributed by atoms with van der Waals surface area (Å²) in [4.78, 5) is 14.6. The van der Waals surface area contributed by atoms with Crippen LogP contribution in [0, 0.1) is 0 Å². The molecule has 0 radical (unpaired) electrons. The number of amides is 1. The Hall–Kier alpha value is -2.05. The molecule has 130 valence electrons. The molecule has 7 heteroatoms. The lowest BCUT2D eigenvalue weighted by Crippen LogP contribution is -2.29. The molecule has 0 aromatic heterocycles. The van der Waals surface area contributed by atoms with Crippen LogP contribution in [0.3, 0.4) is 0 Å². The van der Waals surface area contributed by atoms with E-state index in [1.165, 1.54) is 4.31 Å². The Bertz CT molecular complexity index is 941. The number of nitrogens with zero attached hydrogens (tertiary/aromatic N) is 2. The highest BCUT2D eigenvalue weighted by Crippen LogP contribution is 2.34. The van der Waals surface area contributed by atoms with Crippen molar-refractivity contribution < 1.29 is 13.2 Å². The lowest BCUT2D eigenvalue weighted by molar-refractivity contribution is 0.0989. The van der Waals surface area contributed by atoms with E-state index in [9.17, 15) is 13.2 Å². The van der Waals surface area contributed by atoms with Gasteiger partial charge in [-0.1, -0.05) is 17.7 Å². The third kappa shape index (κ3) is 2.79. The fourth-order valence-electron chi connectivity index (χ4n) is 3.46. The van der Waals surface area contributed by atoms with Gasteiger partial charge in [-0.15, -0.1) is 0 Å². The third-order valence-corrected chi connectivity index (χ3v) is 6.94. The van der Waals surface area contributed by atoms with Crippen LogP contribution in [-0.4, -0.2) is 33.2 Å². The van der Waals surface area contributed by atoms with E-state index in [0.717, 1.165) is 17.7 Å². The van der Waals surface area contributed by atoms with Crippen molar-refractivity contribution in [2.75, 3.05) is 28.0 Å². The summed E-state index contributed by atoms with van der Waals surface area (Å²) in [7, 11) is -3.21. The number of carbonyl (C=O) groups is 1. The topological polar surface area (TPSA) is 57.7 Å². The molecule has 0 unspecified atom stereocenters. The second-order valence-electron chi connectivity index (χ2n) is 6.23. The van der Waals surface area contributed by atoms with Crippen LogP contribution in [0.15, 0.2) is 42.5 Å². The smallest absolute Gasteiger partial charge is 0.258 e. The van der Waals surface area contributed by atoms with Crippen molar-refractivity contribution in [2.24, 2.45) is 0 Å². The van der Waals surface area contributed by atoms with Crippen LogP contribution in [0.4, 0.5) is 11.4 Å². The second-order valence-corrected chi connectivity index (χ2v) is 8.65. The molecule has 4 rings (SSSR count). The maximum atomic E-state index is 12.8. The first kappa shape index (κ1) is 16.4. The fraction of sp³-hybridized carbons (Fsp3) is 0.278. The molecular formula is C18H17ClN2O3S. The summed E-state index contributed by atoms with van der Waals surface area (Å²) in [5.74, 6) is 0.0794. The summed E-state index contributed by atoms with van der Waals surface area (Å²) < 4.78 is 25.4. The number of sulfonamides is 1. The van der Waals surface area contributed by atoms with Gasteiger partial charge in [-0.25, -0.2) is 8.42 Å². The van der Waals surface area contributed by atoms with Gasteiger partial charge >= 0.3 is 0 Å². The highest BCUT2D eigenvalue weighted by Gasteiger charge is 2.29. The van der Waals surface area contributed by atoms with Gasteiger partial charge in [-0.3, -0.25) is 9.10 Å². The van der Waals surface area contributed by atoms with Crippen LogP contribution in [0.5, 0.6) is 0 Å². The Morgan fingerprint density at radius 2 is 1.80 bits per heavy atom. The van der Waals surface area contributed by atoms with E-state index in [1.54, 1.807) is 29.2 Å². The van der Waals surface area contributed by atoms with Gasteiger partial charge in [0.25, 0.3) is 5.91 Å². The van der Waals surface area contributed by atoms with Gasteiger partial charge in [0.05, 0.1) is 11.4 Å². The fourth-order valence-corrected chi connectivity index (χ4v) is 5.29. The maximum absolute atomic E-state index is 12.8. The van der Waals surface area contributed by atoms with E-state index in [1.807, 2.05) is 18.2 Å².